The van der Waals surface area contributed by atoms with Gasteiger partial charge < -0.3 is 9.47 Å². The van der Waals surface area contributed by atoms with E-state index in [2.05, 4.69) is 135 Å². The number of aryl methyl sites for hydroxylation is 2. The molecule has 2 aliphatic heterocycles. The Bertz CT molecular complexity index is 1960. The Morgan fingerprint density at radius 2 is 1.00 bits per heavy atom. The molecule has 3 heteroatoms. The van der Waals surface area contributed by atoms with Crippen LogP contribution >= 0.6 is 0 Å². The molecule has 0 radical (unpaired) electrons. The predicted molar refractivity (Wildman–Crippen MR) is 170 cm³/mol. The van der Waals surface area contributed by atoms with E-state index in [1.54, 1.807) is 0 Å². The largest absolute Gasteiger partial charge is 0.458 e. The summed E-state index contributed by atoms with van der Waals surface area (Å²) in [6, 6.07) is 45.1. The second kappa shape index (κ2) is 9.28. The van der Waals surface area contributed by atoms with Gasteiger partial charge in [-0.25, -0.2) is 0 Å². The van der Waals surface area contributed by atoms with Gasteiger partial charge in [-0.1, -0.05) is 103 Å². The molecule has 0 amide bonds. The lowest BCUT2D eigenvalue weighted by atomic mass is 9.34. The van der Waals surface area contributed by atoms with Gasteiger partial charge >= 0.3 is 0 Å². The molecule has 0 aliphatic carbocycles. The van der Waals surface area contributed by atoms with Crippen LogP contribution in [0.5, 0.6) is 23.0 Å². The zero-order chi connectivity index (χ0) is 27.5. The summed E-state index contributed by atoms with van der Waals surface area (Å²) in [5.41, 5.74) is 12.9. The van der Waals surface area contributed by atoms with Crippen LogP contribution in [0.3, 0.4) is 0 Å². The maximum Gasteiger partial charge on any atom is 0.260 e. The lowest BCUT2D eigenvalue weighted by Gasteiger charge is -2.34. The van der Waals surface area contributed by atoms with E-state index in [0.29, 0.717) is 0 Å². The first kappa shape index (κ1) is 23.8. The molecule has 194 valence electrons. The van der Waals surface area contributed by atoms with Gasteiger partial charge in [-0.2, -0.15) is 0 Å². The molecule has 8 rings (SSSR count). The van der Waals surface area contributed by atoms with Gasteiger partial charge in [0.25, 0.3) is 6.71 Å². The van der Waals surface area contributed by atoms with Gasteiger partial charge in [0.15, 0.2) is 0 Å². The second-order valence-electron chi connectivity index (χ2n) is 11.0. The SMILES string of the molecule is Cc1ccccc1-c1ccc2c(c1)Oc1ccc(-c3ccccc3)c3c1B2c1ccc(-c2ccccc2C)cc1O3. The van der Waals surface area contributed by atoms with Crippen LogP contribution in [0.25, 0.3) is 33.4 Å². The fourth-order valence-corrected chi connectivity index (χ4v) is 6.46. The first-order valence-corrected chi connectivity index (χ1v) is 14.1. The molecule has 41 heavy (non-hydrogen) atoms. The fraction of sp³-hybridized carbons (Fsp3) is 0.0526. The third kappa shape index (κ3) is 3.81. The molecule has 2 heterocycles. The smallest absolute Gasteiger partial charge is 0.260 e. The highest BCUT2D eigenvalue weighted by Crippen LogP contribution is 2.42. The van der Waals surface area contributed by atoms with Crippen LogP contribution in [-0.4, -0.2) is 6.71 Å². The van der Waals surface area contributed by atoms with E-state index in [1.165, 1.54) is 22.3 Å². The summed E-state index contributed by atoms with van der Waals surface area (Å²) in [5, 5.41) is 0. The monoisotopic (exact) mass is 526 g/mol. The van der Waals surface area contributed by atoms with E-state index in [9.17, 15) is 0 Å². The molecular formula is C38H27BO2. The van der Waals surface area contributed by atoms with Gasteiger partial charge in [-0.15, -0.1) is 0 Å². The van der Waals surface area contributed by atoms with Gasteiger partial charge in [-0.05, 0) is 88.0 Å². The Kier molecular flexibility index (Phi) is 5.40. The van der Waals surface area contributed by atoms with Gasteiger partial charge in [0.2, 0.25) is 0 Å². The van der Waals surface area contributed by atoms with Gasteiger partial charge in [0.05, 0.1) is 0 Å². The van der Waals surface area contributed by atoms with Crippen molar-refractivity contribution >= 4 is 23.1 Å². The normalized spacial score (nSPS) is 12.5. The lowest BCUT2D eigenvalue weighted by molar-refractivity contribution is 0.466. The van der Waals surface area contributed by atoms with Crippen LogP contribution < -0.4 is 25.9 Å². The molecule has 0 unspecified atom stereocenters. The molecular weight excluding hydrogens is 499 g/mol. The number of fused-ring (bicyclic) bond motifs is 4. The molecule has 0 bridgehead atoms. The summed E-state index contributed by atoms with van der Waals surface area (Å²) < 4.78 is 13.5. The van der Waals surface area contributed by atoms with E-state index in [4.69, 9.17) is 9.47 Å². The molecule has 6 aromatic rings. The highest BCUT2D eigenvalue weighted by atomic mass is 16.5. The Morgan fingerprint density at radius 1 is 0.439 bits per heavy atom. The molecule has 6 aromatic carbocycles. The Hall–Kier alpha value is -5.02. The summed E-state index contributed by atoms with van der Waals surface area (Å²) in [5.74, 6) is 3.53. The van der Waals surface area contributed by atoms with Crippen LogP contribution in [0, 0.1) is 13.8 Å². The Labute approximate surface area is 240 Å². The van der Waals surface area contributed by atoms with Crippen molar-refractivity contribution in [2.75, 3.05) is 0 Å². The molecule has 0 saturated carbocycles. The topological polar surface area (TPSA) is 18.5 Å². The van der Waals surface area contributed by atoms with E-state index >= 15 is 0 Å². The average molecular weight is 526 g/mol. The molecule has 2 aliphatic rings. The summed E-state index contributed by atoms with van der Waals surface area (Å²) >= 11 is 0. The second-order valence-corrected chi connectivity index (χ2v) is 11.0. The summed E-state index contributed by atoms with van der Waals surface area (Å²) in [6.45, 7) is 4.32. The van der Waals surface area contributed by atoms with Crippen molar-refractivity contribution < 1.29 is 9.47 Å². The molecule has 0 fully saturated rings. The lowest BCUT2D eigenvalue weighted by Crippen LogP contribution is -2.57. The van der Waals surface area contributed by atoms with Gasteiger partial charge in [0, 0.05) is 11.0 Å². The van der Waals surface area contributed by atoms with E-state index in [1.807, 2.05) is 6.07 Å². The van der Waals surface area contributed by atoms with Crippen LogP contribution in [0.15, 0.2) is 127 Å². The number of hydrogen-bond acceptors (Lipinski definition) is 2. The Morgan fingerprint density at radius 3 is 1.61 bits per heavy atom. The predicted octanol–water partition coefficient (Wildman–Crippen LogP) is 8.03. The van der Waals surface area contributed by atoms with E-state index in [-0.39, 0.29) is 6.71 Å². The van der Waals surface area contributed by atoms with E-state index in [0.717, 1.165) is 61.6 Å². The maximum absolute atomic E-state index is 6.86. The van der Waals surface area contributed by atoms with Gasteiger partial charge in [-0.3, -0.25) is 0 Å². The Balaban J connectivity index is 1.35. The van der Waals surface area contributed by atoms with Crippen LogP contribution in [0.2, 0.25) is 0 Å². The summed E-state index contributed by atoms with van der Waals surface area (Å²) in [6.07, 6.45) is 0. The minimum absolute atomic E-state index is 0.00741. The third-order valence-electron chi connectivity index (χ3n) is 8.52. The van der Waals surface area contributed by atoms with Crippen LogP contribution in [0.4, 0.5) is 0 Å². The number of ether oxygens (including phenoxy) is 2. The minimum Gasteiger partial charge on any atom is -0.458 e. The van der Waals surface area contributed by atoms with Crippen molar-refractivity contribution in [1.29, 1.82) is 0 Å². The molecule has 0 spiro atoms. The quantitative estimate of drug-likeness (QED) is 0.217. The first-order chi connectivity index (χ1) is 20.2. The molecule has 0 saturated heterocycles. The number of hydrogen-bond donors (Lipinski definition) is 0. The first-order valence-electron chi connectivity index (χ1n) is 14.1. The van der Waals surface area contributed by atoms with E-state index < -0.39 is 0 Å². The van der Waals surface area contributed by atoms with Crippen molar-refractivity contribution in [1.82, 2.24) is 0 Å². The van der Waals surface area contributed by atoms with Crippen molar-refractivity contribution in [2.45, 2.75) is 13.8 Å². The molecule has 0 N–H and O–H groups in total. The summed E-state index contributed by atoms with van der Waals surface area (Å²) in [4.78, 5) is 0. The number of benzene rings is 6. The van der Waals surface area contributed by atoms with Crippen LogP contribution in [0.1, 0.15) is 11.1 Å². The fourth-order valence-electron chi connectivity index (χ4n) is 6.46. The van der Waals surface area contributed by atoms with Crippen molar-refractivity contribution in [2.24, 2.45) is 0 Å². The molecule has 2 nitrogen and oxygen atoms in total. The summed E-state index contributed by atoms with van der Waals surface area (Å²) in [7, 11) is 0. The third-order valence-corrected chi connectivity index (χ3v) is 8.52. The molecule has 0 aromatic heterocycles. The van der Waals surface area contributed by atoms with Crippen molar-refractivity contribution in [3.63, 3.8) is 0 Å². The molecule has 0 atom stereocenters. The highest BCUT2D eigenvalue weighted by molar-refractivity contribution is 6.98. The highest BCUT2D eigenvalue weighted by Gasteiger charge is 2.41. The zero-order valence-corrected chi connectivity index (χ0v) is 23.0. The zero-order valence-electron chi connectivity index (χ0n) is 23.0. The van der Waals surface area contributed by atoms with Crippen LogP contribution in [-0.2, 0) is 0 Å². The number of rotatable bonds is 3. The van der Waals surface area contributed by atoms with Crippen molar-refractivity contribution in [3.8, 4) is 56.4 Å². The van der Waals surface area contributed by atoms with Crippen molar-refractivity contribution in [3.05, 3.63) is 139 Å². The standard InChI is InChI=1S/C38H27BO2/c1-24-10-6-8-14-29(24)27-16-19-32-35(22-27)40-34-21-18-31(26-12-4-3-5-13-26)38-37(34)39(32)33-20-17-28(23-36(33)41-38)30-15-9-7-11-25(30)2/h3-23H,1-2H3. The maximum atomic E-state index is 6.86. The van der Waals surface area contributed by atoms with Gasteiger partial charge in [0.1, 0.15) is 23.0 Å². The average Bonchev–Trinajstić information content (AvgIpc) is 3.01. The minimum atomic E-state index is 0.00741.